The molecule has 0 saturated heterocycles. The lowest BCUT2D eigenvalue weighted by atomic mass is 9.99. The fourth-order valence-corrected chi connectivity index (χ4v) is 4.10. The average Bonchev–Trinajstić information content (AvgIpc) is 3.15. The van der Waals surface area contributed by atoms with Crippen LogP contribution in [0.25, 0.3) is 10.4 Å². The lowest BCUT2D eigenvalue weighted by molar-refractivity contribution is 0.701. The Balaban J connectivity index is 2.06. The molecule has 3 rings (SSSR count). The Morgan fingerprint density at radius 2 is 2.14 bits per heavy atom. The Morgan fingerprint density at radius 3 is 2.76 bits per heavy atom. The van der Waals surface area contributed by atoms with Crippen molar-refractivity contribution in [2.45, 2.75) is 44.9 Å². The first-order valence-corrected chi connectivity index (χ1v) is 8.34. The van der Waals surface area contributed by atoms with Gasteiger partial charge in [-0.05, 0) is 37.0 Å². The van der Waals surface area contributed by atoms with Gasteiger partial charge in [0.15, 0.2) is 0 Å². The van der Waals surface area contributed by atoms with Crippen molar-refractivity contribution < 1.29 is 0 Å². The van der Waals surface area contributed by atoms with Gasteiger partial charge in [-0.2, -0.15) is 5.26 Å². The van der Waals surface area contributed by atoms with E-state index in [0.717, 1.165) is 12.0 Å². The first-order valence-electron chi connectivity index (χ1n) is 7.52. The maximum absolute atomic E-state index is 9.01. The van der Waals surface area contributed by atoms with Crippen molar-refractivity contribution in [3.8, 4) is 16.5 Å². The number of aryl methyl sites for hydroxylation is 1. The first-order chi connectivity index (χ1) is 10.2. The van der Waals surface area contributed by atoms with Crippen LogP contribution in [0.3, 0.4) is 0 Å². The number of anilines is 1. The number of hydrogen-bond acceptors (Lipinski definition) is 4. The van der Waals surface area contributed by atoms with Crippen LogP contribution in [0.1, 0.15) is 54.8 Å². The molecule has 2 N–H and O–H groups in total. The molecule has 0 aliphatic heterocycles. The summed E-state index contributed by atoms with van der Waals surface area (Å²) in [5, 5.41) is 10.2. The van der Waals surface area contributed by atoms with Gasteiger partial charge < -0.3 is 5.73 Å². The number of hydrogen-bond donors (Lipinski definition) is 1. The van der Waals surface area contributed by atoms with E-state index in [4.69, 9.17) is 16.0 Å². The third-order valence-corrected chi connectivity index (χ3v) is 5.44. The van der Waals surface area contributed by atoms with Gasteiger partial charge in [0, 0.05) is 5.92 Å². The van der Waals surface area contributed by atoms with E-state index >= 15 is 0 Å². The van der Waals surface area contributed by atoms with Crippen molar-refractivity contribution in [3.05, 3.63) is 34.5 Å². The average molecular weight is 297 g/mol. The van der Waals surface area contributed by atoms with E-state index in [1.807, 2.05) is 18.2 Å². The van der Waals surface area contributed by atoms with Crippen LogP contribution in [0, 0.1) is 11.3 Å². The Labute approximate surface area is 129 Å². The largest absolute Gasteiger partial charge is 0.398 e. The summed E-state index contributed by atoms with van der Waals surface area (Å²) in [5.74, 6) is 0.591. The molecule has 1 saturated carbocycles. The smallest absolute Gasteiger partial charge is 0.101 e. The van der Waals surface area contributed by atoms with E-state index in [-0.39, 0.29) is 0 Å². The highest BCUT2D eigenvalue weighted by Gasteiger charge is 2.24. The molecule has 1 fully saturated rings. The minimum absolute atomic E-state index is 0.543. The van der Waals surface area contributed by atoms with E-state index in [2.05, 4.69) is 13.0 Å². The SMILES string of the molecule is CCc1nc(C2CCCC2)c(-c2ccc(C#N)c(N)c2)s1. The monoisotopic (exact) mass is 297 g/mol. The van der Waals surface area contributed by atoms with Gasteiger partial charge in [-0.3, -0.25) is 0 Å². The molecule has 1 aliphatic rings. The molecule has 1 aromatic carbocycles. The summed E-state index contributed by atoms with van der Waals surface area (Å²) in [6.07, 6.45) is 6.06. The topological polar surface area (TPSA) is 62.7 Å². The lowest BCUT2D eigenvalue weighted by Crippen LogP contribution is -1.96. The van der Waals surface area contributed by atoms with Gasteiger partial charge in [-0.15, -0.1) is 11.3 Å². The highest BCUT2D eigenvalue weighted by Crippen LogP contribution is 2.42. The number of rotatable bonds is 3. The van der Waals surface area contributed by atoms with Crippen molar-refractivity contribution in [3.63, 3.8) is 0 Å². The first kappa shape index (κ1) is 14.1. The maximum Gasteiger partial charge on any atom is 0.101 e. The van der Waals surface area contributed by atoms with Gasteiger partial charge in [-0.1, -0.05) is 25.8 Å². The summed E-state index contributed by atoms with van der Waals surface area (Å²) in [6.45, 7) is 2.15. The number of aromatic nitrogens is 1. The van der Waals surface area contributed by atoms with Crippen LogP contribution in [0.5, 0.6) is 0 Å². The maximum atomic E-state index is 9.01. The van der Waals surface area contributed by atoms with Gasteiger partial charge >= 0.3 is 0 Å². The molecule has 3 nitrogen and oxygen atoms in total. The molecular weight excluding hydrogens is 278 g/mol. The number of nitrogen functional groups attached to an aromatic ring is 1. The van der Waals surface area contributed by atoms with Gasteiger partial charge in [-0.25, -0.2) is 4.98 Å². The molecule has 2 aromatic rings. The second-order valence-electron chi connectivity index (χ2n) is 5.57. The molecule has 21 heavy (non-hydrogen) atoms. The van der Waals surface area contributed by atoms with Crippen LogP contribution in [0.15, 0.2) is 18.2 Å². The van der Waals surface area contributed by atoms with Crippen molar-refractivity contribution >= 4 is 17.0 Å². The Morgan fingerprint density at radius 1 is 1.38 bits per heavy atom. The molecule has 0 radical (unpaired) electrons. The second kappa shape index (κ2) is 5.87. The summed E-state index contributed by atoms with van der Waals surface area (Å²) in [6, 6.07) is 7.86. The molecule has 0 amide bonds. The van der Waals surface area contributed by atoms with Gasteiger partial charge in [0.05, 0.1) is 26.8 Å². The third-order valence-electron chi connectivity index (χ3n) is 4.18. The minimum atomic E-state index is 0.543. The minimum Gasteiger partial charge on any atom is -0.398 e. The van der Waals surface area contributed by atoms with E-state index < -0.39 is 0 Å². The third kappa shape index (κ3) is 2.66. The molecule has 1 aromatic heterocycles. The predicted molar refractivity (Wildman–Crippen MR) is 87.3 cm³/mol. The van der Waals surface area contributed by atoms with E-state index in [9.17, 15) is 0 Å². The van der Waals surface area contributed by atoms with Crippen LogP contribution in [-0.4, -0.2) is 4.98 Å². The standard InChI is InChI=1S/C17H19N3S/c1-2-15-20-16(11-5-3-4-6-11)17(21-15)12-7-8-13(10-18)14(19)9-12/h7-9,11H,2-6,19H2,1H3. The number of thiazole rings is 1. The normalized spacial score (nSPS) is 15.2. The molecule has 108 valence electrons. The van der Waals surface area contributed by atoms with Crippen LogP contribution in [0.4, 0.5) is 5.69 Å². The van der Waals surface area contributed by atoms with Gasteiger partial charge in [0.2, 0.25) is 0 Å². The van der Waals surface area contributed by atoms with Crippen molar-refractivity contribution in [1.29, 1.82) is 5.26 Å². The molecule has 1 heterocycles. The fraction of sp³-hybridized carbons (Fsp3) is 0.412. The van der Waals surface area contributed by atoms with Crippen molar-refractivity contribution in [2.24, 2.45) is 0 Å². The highest BCUT2D eigenvalue weighted by atomic mass is 32.1. The lowest BCUT2D eigenvalue weighted by Gasteiger charge is -2.09. The van der Waals surface area contributed by atoms with Crippen LogP contribution >= 0.6 is 11.3 Å². The quantitative estimate of drug-likeness (QED) is 0.849. The molecule has 1 aliphatic carbocycles. The van der Waals surface area contributed by atoms with E-state index in [1.54, 1.807) is 11.3 Å². The van der Waals surface area contributed by atoms with Crippen LogP contribution < -0.4 is 5.73 Å². The highest BCUT2D eigenvalue weighted by molar-refractivity contribution is 7.15. The van der Waals surface area contributed by atoms with Crippen LogP contribution in [0.2, 0.25) is 0 Å². The molecular formula is C17H19N3S. The van der Waals surface area contributed by atoms with Gasteiger partial charge in [0.1, 0.15) is 6.07 Å². The molecule has 0 atom stereocenters. The Kier molecular flexibility index (Phi) is 3.94. The van der Waals surface area contributed by atoms with Crippen molar-refractivity contribution in [1.82, 2.24) is 4.98 Å². The number of nitrogens with zero attached hydrogens (tertiary/aromatic N) is 2. The predicted octanol–water partition coefficient (Wildman–Crippen LogP) is 4.48. The number of benzene rings is 1. The van der Waals surface area contributed by atoms with Gasteiger partial charge in [0.25, 0.3) is 0 Å². The fourth-order valence-electron chi connectivity index (χ4n) is 3.02. The molecule has 4 heteroatoms. The molecule has 0 unspecified atom stereocenters. The zero-order chi connectivity index (χ0) is 14.8. The zero-order valence-corrected chi connectivity index (χ0v) is 13.0. The summed E-state index contributed by atoms with van der Waals surface area (Å²) < 4.78 is 0. The Bertz CT molecular complexity index is 691. The second-order valence-corrected chi connectivity index (χ2v) is 6.65. The summed E-state index contributed by atoms with van der Waals surface area (Å²) >= 11 is 1.77. The van der Waals surface area contributed by atoms with E-state index in [0.29, 0.717) is 17.2 Å². The van der Waals surface area contributed by atoms with Crippen LogP contribution in [-0.2, 0) is 6.42 Å². The summed E-state index contributed by atoms with van der Waals surface area (Å²) in [4.78, 5) is 6.12. The summed E-state index contributed by atoms with van der Waals surface area (Å²) in [7, 11) is 0. The van der Waals surface area contributed by atoms with E-state index in [1.165, 1.54) is 41.3 Å². The number of nitrogens with two attached hydrogens (primary N) is 1. The number of nitriles is 1. The van der Waals surface area contributed by atoms with Crippen molar-refractivity contribution in [2.75, 3.05) is 5.73 Å². The molecule has 0 bridgehead atoms. The molecule has 0 spiro atoms. The zero-order valence-electron chi connectivity index (χ0n) is 12.2. The summed E-state index contributed by atoms with van der Waals surface area (Å²) in [5.41, 5.74) is 9.42. The Hall–Kier alpha value is -1.86.